The van der Waals surface area contributed by atoms with Crippen LogP contribution in [0.2, 0.25) is 0 Å². The summed E-state index contributed by atoms with van der Waals surface area (Å²) in [5, 5.41) is 8.71. The Kier molecular flexibility index (Phi) is 2.45. The van der Waals surface area contributed by atoms with Gasteiger partial charge in [0.15, 0.2) is 0 Å². The zero-order valence-corrected chi connectivity index (χ0v) is 6.55. The molecule has 0 amide bonds. The molecule has 0 unspecified atom stereocenters. The summed E-state index contributed by atoms with van der Waals surface area (Å²) in [7, 11) is 0. The van der Waals surface area contributed by atoms with Gasteiger partial charge in [-0.25, -0.2) is 4.39 Å². The molecule has 0 radical (unpaired) electrons. The first kappa shape index (κ1) is 8.74. The molecule has 0 heterocycles. The molecule has 0 fully saturated rings. The lowest BCUT2D eigenvalue weighted by atomic mass is 10.1. The second-order valence-corrected chi connectivity index (χ2v) is 2.46. The molecule has 64 valence electrons. The van der Waals surface area contributed by atoms with Gasteiger partial charge in [-0.2, -0.15) is 0 Å². The number of aliphatic hydroxyl groups is 1. The van der Waals surface area contributed by atoms with E-state index >= 15 is 0 Å². The van der Waals surface area contributed by atoms with E-state index in [1.807, 2.05) is 0 Å². The maximum Gasteiger partial charge on any atom is 0.137 e. The van der Waals surface area contributed by atoms with Gasteiger partial charge in [-0.1, -0.05) is 18.7 Å². The fourth-order valence-electron chi connectivity index (χ4n) is 0.950. The van der Waals surface area contributed by atoms with Crippen molar-refractivity contribution in [2.45, 2.75) is 6.61 Å². The van der Waals surface area contributed by atoms with Crippen LogP contribution < -0.4 is 5.73 Å². The van der Waals surface area contributed by atoms with Crippen molar-refractivity contribution in [1.29, 1.82) is 0 Å². The van der Waals surface area contributed by atoms with E-state index in [9.17, 15) is 4.39 Å². The van der Waals surface area contributed by atoms with E-state index in [0.717, 1.165) is 0 Å². The zero-order valence-electron chi connectivity index (χ0n) is 6.55. The minimum absolute atomic E-state index is 0.169. The fraction of sp³-hybridized carbons (Fsp3) is 0.111. The lowest BCUT2D eigenvalue weighted by Crippen LogP contribution is -2.00. The number of rotatable bonds is 2. The second-order valence-electron chi connectivity index (χ2n) is 2.46. The molecule has 1 aromatic carbocycles. The molecule has 0 spiro atoms. The summed E-state index contributed by atoms with van der Waals surface area (Å²) in [6.07, 6.45) is 0. The molecule has 1 rings (SSSR count). The molecule has 0 aliphatic rings. The lowest BCUT2D eigenvalue weighted by Gasteiger charge is -2.04. The van der Waals surface area contributed by atoms with Gasteiger partial charge in [-0.3, -0.25) is 0 Å². The van der Waals surface area contributed by atoms with Gasteiger partial charge in [0.1, 0.15) is 5.82 Å². The van der Waals surface area contributed by atoms with Crippen LogP contribution in [0.1, 0.15) is 11.1 Å². The van der Waals surface area contributed by atoms with Crippen LogP contribution in [0.25, 0.3) is 5.70 Å². The van der Waals surface area contributed by atoms with Gasteiger partial charge in [0, 0.05) is 16.8 Å². The third-order valence-electron chi connectivity index (χ3n) is 1.59. The first-order valence-corrected chi connectivity index (χ1v) is 3.50. The van der Waals surface area contributed by atoms with Crippen molar-refractivity contribution in [3.8, 4) is 0 Å². The maximum atomic E-state index is 13.2. The van der Waals surface area contributed by atoms with Gasteiger partial charge in [0.25, 0.3) is 0 Å². The van der Waals surface area contributed by atoms with Crippen LogP contribution in [0, 0.1) is 5.82 Å². The van der Waals surface area contributed by atoms with Gasteiger partial charge in [0.05, 0.1) is 6.61 Å². The second kappa shape index (κ2) is 3.36. The molecule has 0 saturated carbocycles. The Morgan fingerprint density at radius 1 is 1.58 bits per heavy atom. The third-order valence-corrected chi connectivity index (χ3v) is 1.59. The average Bonchev–Trinajstić information content (AvgIpc) is 2.04. The molecule has 0 atom stereocenters. The molecular weight excluding hydrogens is 157 g/mol. The van der Waals surface area contributed by atoms with E-state index in [4.69, 9.17) is 10.8 Å². The number of nitrogens with two attached hydrogens (primary N) is 1. The van der Waals surface area contributed by atoms with E-state index in [2.05, 4.69) is 6.58 Å². The largest absolute Gasteiger partial charge is 0.399 e. The van der Waals surface area contributed by atoms with Crippen molar-refractivity contribution in [3.05, 3.63) is 41.7 Å². The van der Waals surface area contributed by atoms with Crippen LogP contribution in [0.5, 0.6) is 0 Å². The Balaban J connectivity index is 3.23. The number of hydrogen-bond acceptors (Lipinski definition) is 2. The highest BCUT2D eigenvalue weighted by molar-refractivity contribution is 5.61. The van der Waals surface area contributed by atoms with Crippen LogP contribution in [-0.2, 0) is 6.61 Å². The molecule has 3 heteroatoms. The Labute approximate surface area is 70.1 Å². The highest BCUT2D eigenvalue weighted by atomic mass is 19.1. The summed E-state index contributed by atoms with van der Waals surface area (Å²) in [6.45, 7) is 3.09. The molecule has 0 aliphatic heterocycles. The molecule has 0 aliphatic carbocycles. The van der Waals surface area contributed by atoms with Crippen LogP contribution in [0.3, 0.4) is 0 Å². The van der Waals surface area contributed by atoms with Crippen LogP contribution in [-0.4, -0.2) is 5.11 Å². The highest BCUT2D eigenvalue weighted by Gasteiger charge is 2.06. The van der Waals surface area contributed by atoms with E-state index in [-0.39, 0.29) is 23.4 Å². The van der Waals surface area contributed by atoms with Crippen molar-refractivity contribution in [2.24, 2.45) is 5.73 Å². The topological polar surface area (TPSA) is 46.2 Å². The summed E-state index contributed by atoms with van der Waals surface area (Å²) in [6, 6.07) is 4.65. The zero-order chi connectivity index (χ0) is 9.14. The minimum Gasteiger partial charge on any atom is -0.399 e. The number of hydrogen-bond donors (Lipinski definition) is 2. The van der Waals surface area contributed by atoms with Crippen LogP contribution >= 0.6 is 0 Å². The monoisotopic (exact) mass is 167 g/mol. The fourth-order valence-corrected chi connectivity index (χ4v) is 0.950. The van der Waals surface area contributed by atoms with Gasteiger partial charge in [-0.15, -0.1) is 0 Å². The predicted molar refractivity (Wildman–Crippen MR) is 45.5 cm³/mol. The number of benzene rings is 1. The van der Waals surface area contributed by atoms with Crippen LogP contribution in [0.15, 0.2) is 24.8 Å². The minimum atomic E-state index is -0.493. The Morgan fingerprint density at radius 2 is 2.25 bits per heavy atom. The number of aliphatic hydroxyl groups excluding tert-OH is 1. The molecule has 12 heavy (non-hydrogen) atoms. The lowest BCUT2D eigenvalue weighted by molar-refractivity contribution is 0.275. The first-order valence-electron chi connectivity index (χ1n) is 3.50. The molecule has 0 aromatic heterocycles. The summed E-state index contributed by atoms with van der Waals surface area (Å²) in [5.41, 5.74) is 5.98. The van der Waals surface area contributed by atoms with E-state index in [1.54, 1.807) is 6.07 Å². The van der Waals surface area contributed by atoms with E-state index < -0.39 is 5.82 Å². The van der Waals surface area contributed by atoms with Crippen molar-refractivity contribution in [3.63, 3.8) is 0 Å². The summed E-state index contributed by atoms with van der Waals surface area (Å²) in [5.74, 6) is -0.493. The molecule has 2 nitrogen and oxygen atoms in total. The summed E-state index contributed by atoms with van der Waals surface area (Å²) >= 11 is 0. The third kappa shape index (κ3) is 1.46. The quantitative estimate of drug-likeness (QED) is 0.696. The van der Waals surface area contributed by atoms with Crippen molar-refractivity contribution >= 4 is 5.70 Å². The Bertz CT molecular complexity index is 309. The standard InChI is InChI=1S/C9H10FNO/c1-6(11)8-4-2-3-7(5-12)9(8)10/h2-4,12H,1,5,11H2. The predicted octanol–water partition coefficient (Wildman–Crippen LogP) is 1.25. The van der Waals surface area contributed by atoms with E-state index in [0.29, 0.717) is 0 Å². The van der Waals surface area contributed by atoms with Crippen LogP contribution in [0.4, 0.5) is 4.39 Å². The molecular formula is C9H10FNO. The maximum absolute atomic E-state index is 13.2. The molecule has 0 saturated heterocycles. The normalized spacial score (nSPS) is 9.83. The van der Waals surface area contributed by atoms with Crippen molar-refractivity contribution in [2.75, 3.05) is 0 Å². The SMILES string of the molecule is C=C(N)c1cccc(CO)c1F. The first-order chi connectivity index (χ1) is 5.66. The smallest absolute Gasteiger partial charge is 0.137 e. The van der Waals surface area contributed by atoms with Gasteiger partial charge < -0.3 is 10.8 Å². The van der Waals surface area contributed by atoms with Gasteiger partial charge in [0.2, 0.25) is 0 Å². The van der Waals surface area contributed by atoms with E-state index in [1.165, 1.54) is 12.1 Å². The van der Waals surface area contributed by atoms with Crippen molar-refractivity contribution in [1.82, 2.24) is 0 Å². The highest BCUT2D eigenvalue weighted by Crippen LogP contribution is 2.16. The molecule has 1 aromatic rings. The Hall–Kier alpha value is -1.35. The average molecular weight is 167 g/mol. The summed E-state index contributed by atoms with van der Waals surface area (Å²) in [4.78, 5) is 0. The Morgan fingerprint density at radius 3 is 2.75 bits per heavy atom. The summed E-state index contributed by atoms with van der Waals surface area (Å²) < 4.78 is 13.2. The number of halogens is 1. The molecule has 3 N–H and O–H groups in total. The molecule has 0 bridgehead atoms. The van der Waals surface area contributed by atoms with Crippen molar-refractivity contribution < 1.29 is 9.50 Å². The van der Waals surface area contributed by atoms with Gasteiger partial charge >= 0.3 is 0 Å². The van der Waals surface area contributed by atoms with Gasteiger partial charge in [-0.05, 0) is 6.07 Å².